The number of esters is 1. The van der Waals surface area contributed by atoms with Crippen molar-refractivity contribution in [1.82, 2.24) is 5.32 Å². The van der Waals surface area contributed by atoms with Crippen LogP contribution in [0.15, 0.2) is 30.3 Å². The lowest BCUT2D eigenvalue weighted by Gasteiger charge is -2.20. The van der Waals surface area contributed by atoms with Gasteiger partial charge in [-0.25, -0.2) is 4.79 Å². The van der Waals surface area contributed by atoms with Crippen molar-refractivity contribution in [2.75, 3.05) is 0 Å². The lowest BCUT2D eigenvalue weighted by atomic mass is 10.0. The molecule has 5 nitrogen and oxygen atoms in total. The third kappa shape index (κ3) is 6.40. The second kappa shape index (κ2) is 8.42. The molecule has 5 heteroatoms. The summed E-state index contributed by atoms with van der Waals surface area (Å²) in [5.41, 5.74) is 6.43. The Labute approximate surface area is 125 Å². The molecule has 3 N–H and O–H groups in total. The van der Waals surface area contributed by atoms with Gasteiger partial charge >= 0.3 is 5.97 Å². The number of rotatable bonds is 7. The van der Waals surface area contributed by atoms with Crippen molar-refractivity contribution in [3.63, 3.8) is 0 Å². The van der Waals surface area contributed by atoms with Crippen LogP contribution in [0.4, 0.5) is 0 Å². The first-order chi connectivity index (χ1) is 9.90. The molecule has 116 valence electrons. The first-order valence-electron chi connectivity index (χ1n) is 7.16. The number of benzene rings is 1. The van der Waals surface area contributed by atoms with Crippen LogP contribution in [-0.2, 0) is 20.9 Å². The zero-order valence-corrected chi connectivity index (χ0v) is 12.8. The lowest BCUT2D eigenvalue weighted by Crippen LogP contribution is -2.48. The quantitative estimate of drug-likeness (QED) is 0.748. The Bertz CT molecular complexity index is 458. The molecule has 0 saturated heterocycles. The van der Waals surface area contributed by atoms with E-state index in [1.807, 2.05) is 44.2 Å². The Morgan fingerprint density at radius 3 is 2.33 bits per heavy atom. The maximum atomic E-state index is 12.1. The highest BCUT2D eigenvalue weighted by Gasteiger charge is 2.24. The Morgan fingerprint density at radius 2 is 1.81 bits per heavy atom. The zero-order chi connectivity index (χ0) is 15.8. The van der Waals surface area contributed by atoms with Gasteiger partial charge in [0.25, 0.3) is 0 Å². The van der Waals surface area contributed by atoms with Gasteiger partial charge in [-0.05, 0) is 24.8 Å². The number of nitrogens with one attached hydrogen (secondary N) is 1. The highest BCUT2D eigenvalue weighted by molar-refractivity contribution is 5.87. The highest BCUT2D eigenvalue weighted by Crippen LogP contribution is 2.09. The van der Waals surface area contributed by atoms with E-state index in [4.69, 9.17) is 10.5 Å². The van der Waals surface area contributed by atoms with Crippen molar-refractivity contribution in [3.05, 3.63) is 35.9 Å². The molecule has 0 aromatic heterocycles. The minimum Gasteiger partial charge on any atom is -0.459 e. The van der Waals surface area contributed by atoms with E-state index in [0.29, 0.717) is 6.42 Å². The Kier molecular flexibility index (Phi) is 6.88. The SMILES string of the molecule is CC(C)CC(NC(=O)C(C)N)C(=O)OCc1ccccc1. The van der Waals surface area contributed by atoms with Crippen LogP contribution in [0.1, 0.15) is 32.8 Å². The molecule has 0 aliphatic carbocycles. The third-order valence-corrected chi connectivity index (χ3v) is 2.95. The van der Waals surface area contributed by atoms with Gasteiger partial charge in [0.05, 0.1) is 6.04 Å². The monoisotopic (exact) mass is 292 g/mol. The highest BCUT2D eigenvalue weighted by atomic mass is 16.5. The van der Waals surface area contributed by atoms with Gasteiger partial charge in [0.15, 0.2) is 0 Å². The predicted octanol–water partition coefficient (Wildman–Crippen LogP) is 1.61. The van der Waals surface area contributed by atoms with Gasteiger partial charge < -0.3 is 15.8 Å². The molecule has 0 radical (unpaired) electrons. The molecule has 1 aromatic rings. The normalized spacial score (nSPS) is 13.6. The second-order valence-electron chi connectivity index (χ2n) is 5.57. The minimum atomic E-state index is -0.660. The smallest absolute Gasteiger partial charge is 0.328 e. The summed E-state index contributed by atoms with van der Waals surface area (Å²) in [5, 5.41) is 2.65. The van der Waals surface area contributed by atoms with Gasteiger partial charge in [-0.2, -0.15) is 0 Å². The minimum absolute atomic E-state index is 0.197. The summed E-state index contributed by atoms with van der Waals surface area (Å²) in [4.78, 5) is 23.8. The number of hydrogen-bond acceptors (Lipinski definition) is 4. The van der Waals surface area contributed by atoms with Crippen molar-refractivity contribution in [2.24, 2.45) is 11.7 Å². The van der Waals surface area contributed by atoms with E-state index in [0.717, 1.165) is 5.56 Å². The van der Waals surface area contributed by atoms with Crippen molar-refractivity contribution in [1.29, 1.82) is 0 Å². The molecule has 0 spiro atoms. The Morgan fingerprint density at radius 1 is 1.19 bits per heavy atom. The van der Waals surface area contributed by atoms with Crippen molar-refractivity contribution in [2.45, 2.75) is 45.9 Å². The fraction of sp³-hybridized carbons (Fsp3) is 0.500. The average Bonchev–Trinajstić information content (AvgIpc) is 2.44. The topological polar surface area (TPSA) is 81.4 Å². The summed E-state index contributed by atoms with van der Waals surface area (Å²) in [7, 11) is 0. The van der Waals surface area contributed by atoms with Crippen LogP contribution < -0.4 is 11.1 Å². The molecule has 0 fully saturated rings. The van der Waals surface area contributed by atoms with Crippen LogP contribution in [-0.4, -0.2) is 24.0 Å². The first kappa shape index (κ1) is 17.2. The summed E-state index contributed by atoms with van der Waals surface area (Å²) in [5.74, 6) is -0.522. The molecular weight excluding hydrogens is 268 g/mol. The zero-order valence-electron chi connectivity index (χ0n) is 12.8. The maximum Gasteiger partial charge on any atom is 0.328 e. The summed E-state index contributed by atoms with van der Waals surface area (Å²) in [6, 6.07) is 8.11. The number of carbonyl (C=O) groups excluding carboxylic acids is 2. The summed E-state index contributed by atoms with van der Waals surface area (Å²) >= 11 is 0. The van der Waals surface area contributed by atoms with Crippen LogP contribution in [0, 0.1) is 5.92 Å². The number of hydrogen-bond donors (Lipinski definition) is 2. The van der Waals surface area contributed by atoms with Crippen LogP contribution in [0.5, 0.6) is 0 Å². The average molecular weight is 292 g/mol. The van der Waals surface area contributed by atoms with Gasteiger partial charge in [0.2, 0.25) is 5.91 Å². The van der Waals surface area contributed by atoms with Gasteiger partial charge in [-0.3, -0.25) is 4.79 Å². The largest absolute Gasteiger partial charge is 0.459 e. The van der Waals surface area contributed by atoms with Crippen molar-refractivity contribution in [3.8, 4) is 0 Å². The van der Waals surface area contributed by atoms with E-state index in [9.17, 15) is 9.59 Å². The summed E-state index contributed by atoms with van der Waals surface area (Å²) in [6.45, 7) is 5.74. The lowest BCUT2D eigenvalue weighted by molar-refractivity contribution is -0.149. The molecule has 0 aliphatic heterocycles. The van der Waals surface area contributed by atoms with E-state index >= 15 is 0 Å². The molecule has 0 saturated carbocycles. The van der Waals surface area contributed by atoms with Crippen LogP contribution in [0.3, 0.4) is 0 Å². The number of nitrogens with two attached hydrogens (primary N) is 1. The van der Waals surface area contributed by atoms with Gasteiger partial charge in [0, 0.05) is 0 Å². The molecule has 2 atom stereocenters. The molecule has 2 unspecified atom stereocenters. The molecule has 0 bridgehead atoms. The molecular formula is C16H24N2O3. The fourth-order valence-electron chi connectivity index (χ4n) is 1.82. The van der Waals surface area contributed by atoms with Gasteiger partial charge in [-0.1, -0.05) is 44.2 Å². The summed E-state index contributed by atoms with van der Waals surface area (Å²) < 4.78 is 5.28. The summed E-state index contributed by atoms with van der Waals surface area (Å²) in [6.07, 6.45) is 0.520. The molecule has 21 heavy (non-hydrogen) atoms. The third-order valence-electron chi connectivity index (χ3n) is 2.95. The first-order valence-corrected chi connectivity index (χ1v) is 7.16. The van der Waals surface area contributed by atoms with Gasteiger partial charge in [0.1, 0.15) is 12.6 Å². The van der Waals surface area contributed by atoms with E-state index in [1.165, 1.54) is 0 Å². The Hall–Kier alpha value is -1.88. The fourth-order valence-corrected chi connectivity index (χ4v) is 1.82. The Balaban J connectivity index is 2.60. The second-order valence-corrected chi connectivity index (χ2v) is 5.57. The number of ether oxygens (including phenoxy) is 1. The van der Waals surface area contributed by atoms with Crippen molar-refractivity contribution >= 4 is 11.9 Å². The van der Waals surface area contributed by atoms with E-state index < -0.39 is 18.1 Å². The maximum absolute atomic E-state index is 12.1. The van der Waals surface area contributed by atoms with Crippen LogP contribution in [0.25, 0.3) is 0 Å². The standard InChI is InChI=1S/C16H24N2O3/c1-11(2)9-14(18-15(19)12(3)17)16(20)21-10-13-7-5-4-6-8-13/h4-8,11-12,14H,9-10,17H2,1-3H3,(H,18,19). The molecule has 1 aromatic carbocycles. The number of carbonyl (C=O) groups is 2. The van der Waals surface area contributed by atoms with Crippen LogP contribution in [0.2, 0.25) is 0 Å². The van der Waals surface area contributed by atoms with E-state index in [1.54, 1.807) is 6.92 Å². The van der Waals surface area contributed by atoms with E-state index in [2.05, 4.69) is 5.32 Å². The van der Waals surface area contributed by atoms with Crippen molar-refractivity contribution < 1.29 is 14.3 Å². The predicted molar refractivity (Wildman–Crippen MR) is 81.3 cm³/mol. The van der Waals surface area contributed by atoms with Crippen LogP contribution >= 0.6 is 0 Å². The van der Waals surface area contributed by atoms with E-state index in [-0.39, 0.29) is 18.4 Å². The molecule has 1 rings (SSSR count). The molecule has 0 aliphatic rings. The number of amides is 1. The van der Waals surface area contributed by atoms with Gasteiger partial charge in [-0.15, -0.1) is 0 Å². The molecule has 1 amide bonds. The molecule has 0 heterocycles.